The Labute approximate surface area is 150 Å². The molecule has 2 heterocycles. The van der Waals surface area contributed by atoms with Gasteiger partial charge in [0.1, 0.15) is 0 Å². The van der Waals surface area contributed by atoms with Gasteiger partial charge in [-0.15, -0.1) is 0 Å². The molecule has 0 aliphatic carbocycles. The maximum atomic E-state index is 12.4. The van der Waals surface area contributed by atoms with E-state index in [-0.39, 0.29) is 29.7 Å². The van der Waals surface area contributed by atoms with Crippen LogP contribution in [0.3, 0.4) is 0 Å². The SMILES string of the molecule is CCOC(=O)N1CCN(C2CCCN(C(=O)C(=O)CC(C)C)C2)CC1. The monoisotopic (exact) mass is 353 g/mol. The van der Waals surface area contributed by atoms with Crippen molar-refractivity contribution in [2.45, 2.75) is 46.1 Å². The van der Waals surface area contributed by atoms with Gasteiger partial charge < -0.3 is 14.5 Å². The van der Waals surface area contributed by atoms with Crippen molar-refractivity contribution in [3.05, 3.63) is 0 Å². The number of carbonyl (C=O) groups excluding carboxylic acids is 3. The molecule has 2 fully saturated rings. The van der Waals surface area contributed by atoms with Crippen molar-refractivity contribution in [2.24, 2.45) is 5.92 Å². The molecule has 2 saturated heterocycles. The summed E-state index contributed by atoms with van der Waals surface area (Å²) in [6.45, 7) is 10.2. The Morgan fingerprint density at radius 2 is 1.72 bits per heavy atom. The van der Waals surface area contributed by atoms with E-state index in [4.69, 9.17) is 4.74 Å². The van der Waals surface area contributed by atoms with E-state index in [9.17, 15) is 14.4 Å². The van der Waals surface area contributed by atoms with E-state index in [0.717, 1.165) is 25.9 Å². The molecular weight excluding hydrogens is 322 g/mol. The van der Waals surface area contributed by atoms with Gasteiger partial charge in [0.05, 0.1) is 6.61 Å². The number of Topliss-reactive ketones (excluding diaryl/α,β-unsaturated/α-hetero) is 1. The van der Waals surface area contributed by atoms with Crippen LogP contribution in [0, 0.1) is 5.92 Å². The second-order valence-electron chi connectivity index (χ2n) is 7.29. The number of nitrogens with zero attached hydrogens (tertiary/aromatic N) is 3. The van der Waals surface area contributed by atoms with Gasteiger partial charge >= 0.3 is 6.09 Å². The first-order valence-corrected chi connectivity index (χ1v) is 9.40. The Kier molecular flexibility index (Phi) is 7.23. The second-order valence-corrected chi connectivity index (χ2v) is 7.29. The Balaban J connectivity index is 1.84. The van der Waals surface area contributed by atoms with Crippen molar-refractivity contribution in [3.8, 4) is 0 Å². The van der Waals surface area contributed by atoms with Gasteiger partial charge in [-0.25, -0.2) is 4.79 Å². The highest BCUT2D eigenvalue weighted by molar-refractivity contribution is 6.36. The lowest BCUT2D eigenvalue weighted by atomic mass is 10.0. The Hall–Kier alpha value is -1.63. The normalized spacial score (nSPS) is 22.2. The van der Waals surface area contributed by atoms with E-state index in [1.54, 1.807) is 9.80 Å². The number of ether oxygens (including phenoxy) is 1. The molecule has 0 radical (unpaired) electrons. The molecule has 2 amide bonds. The van der Waals surface area contributed by atoms with Gasteiger partial charge in [-0.1, -0.05) is 13.8 Å². The van der Waals surface area contributed by atoms with Gasteiger partial charge in [0.25, 0.3) is 5.91 Å². The van der Waals surface area contributed by atoms with Gasteiger partial charge in [0, 0.05) is 51.7 Å². The van der Waals surface area contributed by atoms with Crippen LogP contribution < -0.4 is 0 Å². The fraction of sp³-hybridized carbons (Fsp3) is 0.833. The van der Waals surface area contributed by atoms with E-state index in [1.807, 2.05) is 20.8 Å². The van der Waals surface area contributed by atoms with Gasteiger partial charge in [-0.05, 0) is 25.7 Å². The largest absolute Gasteiger partial charge is 0.450 e. The number of likely N-dealkylation sites (tertiary alicyclic amines) is 1. The summed E-state index contributed by atoms with van der Waals surface area (Å²) in [5, 5.41) is 0. The first kappa shape index (κ1) is 19.7. The zero-order valence-corrected chi connectivity index (χ0v) is 15.7. The van der Waals surface area contributed by atoms with E-state index in [2.05, 4.69) is 4.90 Å². The standard InChI is InChI=1S/C18H31N3O4/c1-4-25-18(24)20-10-8-19(9-11-20)15-6-5-7-21(13-15)17(23)16(22)12-14(2)3/h14-15H,4-13H2,1-3H3. The van der Waals surface area contributed by atoms with Crippen LogP contribution in [-0.4, -0.2) is 84.4 Å². The van der Waals surface area contributed by atoms with Crippen LogP contribution in [0.1, 0.15) is 40.0 Å². The average Bonchev–Trinajstić information content (AvgIpc) is 2.61. The fourth-order valence-corrected chi connectivity index (χ4v) is 3.56. The summed E-state index contributed by atoms with van der Waals surface area (Å²) in [5.74, 6) is -0.403. The average molecular weight is 353 g/mol. The number of piperazine rings is 1. The van der Waals surface area contributed by atoms with Gasteiger partial charge in [0.2, 0.25) is 5.78 Å². The molecule has 2 rings (SSSR count). The number of ketones is 1. The summed E-state index contributed by atoms with van der Waals surface area (Å²) in [7, 11) is 0. The molecular formula is C18H31N3O4. The predicted octanol–water partition coefficient (Wildman–Crippen LogP) is 1.37. The lowest BCUT2D eigenvalue weighted by molar-refractivity contribution is -0.146. The molecule has 0 saturated carbocycles. The molecule has 0 aromatic carbocycles. The predicted molar refractivity (Wildman–Crippen MR) is 94.2 cm³/mol. The molecule has 1 atom stereocenters. The summed E-state index contributed by atoms with van der Waals surface area (Å²) in [6, 6.07) is 0.272. The molecule has 142 valence electrons. The molecule has 7 nitrogen and oxygen atoms in total. The second kappa shape index (κ2) is 9.17. The maximum Gasteiger partial charge on any atom is 0.409 e. The van der Waals surface area contributed by atoms with Crippen LogP contribution >= 0.6 is 0 Å². The minimum absolute atomic E-state index is 0.202. The molecule has 0 spiro atoms. The Morgan fingerprint density at radius 1 is 1.04 bits per heavy atom. The minimum atomic E-state index is -0.330. The first-order valence-electron chi connectivity index (χ1n) is 9.40. The highest BCUT2D eigenvalue weighted by atomic mass is 16.6. The smallest absolute Gasteiger partial charge is 0.409 e. The van der Waals surface area contributed by atoms with Crippen LogP contribution in [0.25, 0.3) is 0 Å². The summed E-state index contributed by atoms with van der Waals surface area (Å²) in [5.41, 5.74) is 0. The van der Waals surface area contributed by atoms with Crippen LogP contribution in [0.15, 0.2) is 0 Å². The molecule has 2 aliphatic heterocycles. The van der Waals surface area contributed by atoms with E-state index >= 15 is 0 Å². The third kappa shape index (κ3) is 5.42. The highest BCUT2D eigenvalue weighted by Crippen LogP contribution is 2.19. The quantitative estimate of drug-likeness (QED) is 0.698. The summed E-state index contributed by atoms with van der Waals surface area (Å²) >= 11 is 0. The zero-order valence-electron chi connectivity index (χ0n) is 15.7. The molecule has 1 unspecified atom stereocenters. The number of amides is 2. The van der Waals surface area contributed by atoms with Crippen LogP contribution in [0.5, 0.6) is 0 Å². The number of rotatable bonds is 5. The van der Waals surface area contributed by atoms with Crippen molar-refractivity contribution in [3.63, 3.8) is 0 Å². The Morgan fingerprint density at radius 3 is 2.32 bits per heavy atom. The van der Waals surface area contributed by atoms with Gasteiger partial charge in [-0.2, -0.15) is 0 Å². The van der Waals surface area contributed by atoms with Crippen molar-refractivity contribution in [2.75, 3.05) is 45.9 Å². The molecule has 25 heavy (non-hydrogen) atoms. The Bertz CT molecular complexity index is 487. The topological polar surface area (TPSA) is 70.2 Å². The van der Waals surface area contributed by atoms with Crippen molar-refractivity contribution < 1.29 is 19.1 Å². The van der Waals surface area contributed by atoms with Gasteiger partial charge in [0.15, 0.2) is 0 Å². The number of piperidine rings is 1. The van der Waals surface area contributed by atoms with Crippen molar-refractivity contribution >= 4 is 17.8 Å². The van der Waals surface area contributed by atoms with Crippen LogP contribution in [-0.2, 0) is 14.3 Å². The van der Waals surface area contributed by atoms with Crippen molar-refractivity contribution in [1.82, 2.24) is 14.7 Å². The van der Waals surface area contributed by atoms with Gasteiger partial charge in [-0.3, -0.25) is 14.5 Å². The number of hydrogen-bond acceptors (Lipinski definition) is 5. The molecule has 0 aromatic rings. The molecule has 0 bridgehead atoms. The third-order valence-corrected chi connectivity index (χ3v) is 4.87. The molecule has 0 aromatic heterocycles. The van der Waals surface area contributed by atoms with E-state index in [1.165, 1.54) is 0 Å². The van der Waals surface area contributed by atoms with Crippen LogP contribution in [0.4, 0.5) is 4.79 Å². The maximum absolute atomic E-state index is 12.4. The van der Waals surface area contributed by atoms with Crippen molar-refractivity contribution in [1.29, 1.82) is 0 Å². The van der Waals surface area contributed by atoms with E-state index < -0.39 is 0 Å². The lowest BCUT2D eigenvalue weighted by Crippen LogP contribution is -2.57. The summed E-state index contributed by atoms with van der Waals surface area (Å²) in [4.78, 5) is 42.0. The first-order chi connectivity index (χ1) is 11.9. The van der Waals surface area contributed by atoms with Crippen LogP contribution in [0.2, 0.25) is 0 Å². The minimum Gasteiger partial charge on any atom is -0.450 e. The summed E-state index contributed by atoms with van der Waals surface area (Å²) < 4.78 is 5.05. The third-order valence-electron chi connectivity index (χ3n) is 4.87. The highest BCUT2D eigenvalue weighted by Gasteiger charge is 2.32. The number of hydrogen-bond donors (Lipinski definition) is 0. The summed E-state index contributed by atoms with van der Waals surface area (Å²) in [6.07, 6.45) is 2.02. The fourth-order valence-electron chi connectivity index (χ4n) is 3.56. The zero-order chi connectivity index (χ0) is 18.4. The molecule has 2 aliphatic rings. The number of carbonyl (C=O) groups is 3. The molecule has 7 heteroatoms. The lowest BCUT2D eigenvalue weighted by Gasteiger charge is -2.42. The van der Waals surface area contributed by atoms with E-state index in [0.29, 0.717) is 39.2 Å². The molecule has 0 N–H and O–H groups in total.